The average molecular weight is 430 g/mol. The minimum absolute atomic E-state index is 0.0765. The number of nitro benzene ring substituents is 1. The fourth-order valence-electron chi connectivity index (χ4n) is 2.84. The summed E-state index contributed by atoms with van der Waals surface area (Å²) in [5.41, 5.74) is 1.04. The predicted octanol–water partition coefficient (Wildman–Crippen LogP) is 3.24. The Hall–Kier alpha value is -3.20. The molecule has 0 aliphatic carbocycles. The molecule has 1 atom stereocenters. The number of anilines is 1. The molecule has 0 saturated heterocycles. The average Bonchev–Trinajstić information content (AvgIpc) is 2.74. The molecular formula is C21H22N2O6S. The van der Waals surface area contributed by atoms with Crippen molar-refractivity contribution in [1.82, 2.24) is 0 Å². The number of non-ortho nitro benzene ring substituents is 1. The van der Waals surface area contributed by atoms with Crippen LogP contribution in [0.5, 0.6) is 0 Å². The van der Waals surface area contributed by atoms with Crippen LogP contribution in [0.4, 0.5) is 11.4 Å². The number of methoxy groups -OCH3 is 1. The Morgan fingerprint density at radius 1 is 1.13 bits per heavy atom. The Morgan fingerprint density at radius 3 is 2.43 bits per heavy atom. The van der Waals surface area contributed by atoms with Gasteiger partial charge in [0, 0.05) is 30.5 Å². The second kappa shape index (κ2) is 11.1. The van der Waals surface area contributed by atoms with Crippen molar-refractivity contribution < 1.29 is 24.0 Å². The van der Waals surface area contributed by atoms with E-state index in [1.54, 1.807) is 42.5 Å². The summed E-state index contributed by atoms with van der Waals surface area (Å²) in [5, 5.41) is 10.9. The molecule has 1 unspecified atom stereocenters. The maximum absolute atomic E-state index is 13.4. The summed E-state index contributed by atoms with van der Waals surface area (Å²) in [4.78, 5) is 48.7. The number of hydrogen-bond acceptors (Lipinski definition) is 7. The van der Waals surface area contributed by atoms with Crippen LogP contribution in [0.2, 0.25) is 0 Å². The normalized spacial score (nSPS) is 11.4. The number of esters is 1. The number of ether oxygens (including phenoxy) is 1. The van der Waals surface area contributed by atoms with Crippen LogP contribution in [0.1, 0.15) is 12.5 Å². The minimum Gasteiger partial charge on any atom is -0.468 e. The first-order valence-corrected chi connectivity index (χ1v) is 10.1. The van der Waals surface area contributed by atoms with Crippen LogP contribution in [0.15, 0.2) is 54.6 Å². The highest BCUT2D eigenvalue weighted by Gasteiger charge is 2.28. The van der Waals surface area contributed by atoms with E-state index >= 15 is 0 Å². The molecule has 2 rings (SSSR count). The molecule has 30 heavy (non-hydrogen) atoms. The summed E-state index contributed by atoms with van der Waals surface area (Å²) in [6.45, 7) is 1.12. The van der Waals surface area contributed by atoms with Crippen LogP contribution >= 0.6 is 11.8 Å². The smallest absolute Gasteiger partial charge is 0.325 e. The molecule has 2 aromatic rings. The van der Waals surface area contributed by atoms with E-state index in [-0.39, 0.29) is 35.4 Å². The highest BCUT2D eigenvalue weighted by molar-refractivity contribution is 8.13. The van der Waals surface area contributed by atoms with Crippen molar-refractivity contribution in [2.45, 2.75) is 13.3 Å². The zero-order chi connectivity index (χ0) is 22.1. The number of benzene rings is 2. The quantitative estimate of drug-likeness (QED) is 0.341. The van der Waals surface area contributed by atoms with Crippen molar-refractivity contribution in [2.75, 3.05) is 24.3 Å². The van der Waals surface area contributed by atoms with Crippen molar-refractivity contribution in [1.29, 1.82) is 0 Å². The predicted molar refractivity (Wildman–Crippen MR) is 114 cm³/mol. The van der Waals surface area contributed by atoms with Gasteiger partial charge in [-0.25, -0.2) is 0 Å². The first-order valence-electron chi connectivity index (χ1n) is 9.11. The lowest BCUT2D eigenvalue weighted by Gasteiger charge is -2.26. The Bertz CT molecular complexity index is 919. The van der Waals surface area contributed by atoms with Crippen LogP contribution in [0, 0.1) is 16.0 Å². The largest absolute Gasteiger partial charge is 0.468 e. The minimum atomic E-state index is -0.675. The molecule has 2 aromatic carbocycles. The van der Waals surface area contributed by atoms with E-state index in [0.717, 1.165) is 11.8 Å². The maximum atomic E-state index is 13.4. The fourth-order valence-corrected chi connectivity index (χ4v) is 3.53. The van der Waals surface area contributed by atoms with Crippen LogP contribution < -0.4 is 4.90 Å². The van der Waals surface area contributed by atoms with E-state index in [1.807, 2.05) is 0 Å². The van der Waals surface area contributed by atoms with E-state index in [1.165, 1.54) is 31.1 Å². The van der Waals surface area contributed by atoms with Crippen molar-refractivity contribution in [3.63, 3.8) is 0 Å². The molecule has 0 aromatic heterocycles. The lowest BCUT2D eigenvalue weighted by atomic mass is 9.98. The second-order valence-corrected chi connectivity index (χ2v) is 7.66. The molecule has 0 N–H and O–H groups in total. The summed E-state index contributed by atoms with van der Waals surface area (Å²) >= 11 is 0.998. The van der Waals surface area contributed by atoms with Crippen LogP contribution in [0.3, 0.4) is 0 Å². The van der Waals surface area contributed by atoms with Gasteiger partial charge in [-0.2, -0.15) is 0 Å². The van der Waals surface area contributed by atoms with Gasteiger partial charge in [0.2, 0.25) is 5.91 Å². The van der Waals surface area contributed by atoms with Crippen LogP contribution in [-0.4, -0.2) is 41.3 Å². The number of rotatable bonds is 9. The lowest BCUT2D eigenvalue weighted by Crippen LogP contribution is -2.41. The zero-order valence-corrected chi connectivity index (χ0v) is 17.5. The van der Waals surface area contributed by atoms with Gasteiger partial charge in [0.05, 0.1) is 18.0 Å². The number of nitrogens with zero attached hydrogens (tertiary/aromatic N) is 2. The third kappa shape index (κ3) is 6.70. The number of nitro groups is 1. The SMILES string of the molecule is COC(=O)CN(C(=O)C(CSC(C)=O)Cc1cccc([N+](=O)[O-])c1)c1ccccc1. The third-order valence-electron chi connectivity index (χ3n) is 4.29. The van der Waals surface area contributed by atoms with E-state index < -0.39 is 16.8 Å². The van der Waals surface area contributed by atoms with Crippen LogP contribution in [-0.2, 0) is 25.5 Å². The van der Waals surface area contributed by atoms with E-state index in [0.29, 0.717) is 11.3 Å². The molecule has 158 valence electrons. The van der Waals surface area contributed by atoms with Gasteiger partial charge in [-0.3, -0.25) is 24.5 Å². The molecule has 0 heterocycles. The van der Waals surface area contributed by atoms with Crippen molar-refractivity contribution in [3.05, 3.63) is 70.3 Å². The number of amides is 1. The van der Waals surface area contributed by atoms with Gasteiger partial charge in [-0.15, -0.1) is 0 Å². The number of carbonyl (C=O) groups excluding carboxylic acids is 3. The molecule has 9 heteroatoms. The van der Waals surface area contributed by atoms with Gasteiger partial charge >= 0.3 is 5.97 Å². The number of para-hydroxylation sites is 1. The molecule has 0 aliphatic heterocycles. The van der Waals surface area contributed by atoms with E-state index in [9.17, 15) is 24.5 Å². The Morgan fingerprint density at radius 2 is 1.83 bits per heavy atom. The number of hydrogen-bond donors (Lipinski definition) is 0. The van der Waals surface area contributed by atoms with Crippen molar-refractivity contribution in [3.8, 4) is 0 Å². The summed E-state index contributed by atoms with van der Waals surface area (Å²) in [6.07, 6.45) is 0.186. The summed E-state index contributed by atoms with van der Waals surface area (Å²) in [5.74, 6) is -1.44. The summed E-state index contributed by atoms with van der Waals surface area (Å²) in [6, 6.07) is 14.7. The first kappa shape index (κ1) is 23.1. The Balaban J connectivity index is 2.35. The number of thioether (sulfide) groups is 1. The molecule has 0 fully saturated rings. The Labute approximate surface area is 178 Å². The van der Waals surface area contributed by atoms with Crippen molar-refractivity contribution in [2.24, 2.45) is 5.92 Å². The van der Waals surface area contributed by atoms with Gasteiger partial charge in [-0.05, 0) is 24.1 Å². The Kier molecular flexibility index (Phi) is 8.54. The van der Waals surface area contributed by atoms with Gasteiger partial charge in [0.15, 0.2) is 5.12 Å². The molecule has 0 spiro atoms. The van der Waals surface area contributed by atoms with E-state index in [2.05, 4.69) is 0 Å². The van der Waals surface area contributed by atoms with E-state index in [4.69, 9.17) is 4.74 Å². The lowest BCUT2D eigenvalue weighted by molar-refractivity contribution is -0.384. The van der Waals surface area contributed by atoms with Crippen LogP contribution in [0.25, 0.3) is 0 Å². The maximum Gasteiger partial charge on any atom is 0.325 e. The highest BCUT2D eigenvalue weighted by Crippen LogP contribution is 2.24. The molecule has 0 bridgehead atoms. The summed E-state index contributed by atoms with van der Waals surface area (Å²) in [7, 11) is 1.24. The molecular weight excluding hydrogens is 408 g/mol. The van der Waals surface area contributed by atoms with Gasteiger partial charge < -0.3 is 9.64 Å². The third-order valence-corrected chi connectivity index (χ3v) is 5.26. The highest BCUT2D eigenvalue weighted by atomic mass is 32.2. The van der Waals surface area contributed by atoms with Gasteiger partial charge in [0.1, 0.15) is 6.54 Å². The molecule has 0 radical (unpaired) electrons. The first-order chi connectivity index (χ1) is 14.3. The topological polar surface area (TPSA) is 107 Å². The number of carbonyl (C=O) groups is 3. The van der Waals surface area contributed by atoms with Crippen molar-refractivity contribution >= 4 is 40.1 Å². The summed E-state index contributed by atoms with van der Waals surface area (Å²) < 4.78 is 4.72. The molecule has 0 saturated carbocycles. The second-order valence-electron chi connectivity index (χ2n) is 6.47. The zero-order valence-electron chi connectivity index (χ0n) is 16.6. The fraction of sp³-hybridized carbons (Fsp3) is 0.286. The molecule has 8 nitrogen and oxygen atoms in total. The standard InChI is InChI=1S/C21H22N2O6S/c1-15(24)30-14-17(11-16-7-6-10-19(12-16)23(27)28)21(26)22(13-20(25)29-2)18-8-4-3-5-9-18/h3-10,12,17H,11,13-14H2,1-2H3. The molecule has 1 amide bonds. The molecule has 0 aliphatic rings. The monoisotopic (exact) mass is 430 g/mol. The van der Waals surface area contributed by atoms with Gasteiger partial charge in [0.25, 0.3) is 5.69 Å². The van der Waals surface area contributed by atoms with Gasteiger partial charge in [-0.1, -0.05) is 42.1 Å².